The number of likely N-dealkylation sites (tertiary alicyclic amines) is 1. The van der Waals surface area contributed by atoms with E-state index in [0.717, 1.165) is 11.3 Å². The van der Waals surface area contributed by atoms with Crippen LogP contribution in [0.1, 0.15) is 122 Å². The summed E-state index contributed by atoms with van der Waals surface area (Å²) in [5.41, 5.74) is -2.02. The van der Waals surface area contributed by atoms with Gasteiger partial charge in [-0.1, -0.05) is 34.1 Å². The van der Waals surface area contributed by atoms with Gasteiger partial charge in [-0.15, -0.1) is 23.7 Å². The minimum absolute atomic E-state index is 0.0175. The van der Waals surface area contributed by atoms with E-state index in [9.17, 15) is 29.1 Å². The first-order chi connectivity index (χ1) is 22.3. The van der Waals surface area contributed by atoms with E-state index in [4.69, 9.17) is 20.7 Å². The molecule has 3 amide bonds. The standard InChI is InChI=1S/C34H52N4O9S/c1-11-13-14-18-45-38(25(21(3)4)19-26(46-23(6)39)29-35-24(20-48-29)31(42)43)30(41)27(22(5)12-2)28(40)36-34(10)16-15-17-37(34)32(44)47-33(7,8)9/h1,20-22,25-27H,12-19H2,2-10H3,(H,36,40)(H,42,43)/t22-,25+,26+,27-,34+/m0/s1. The van der Waals surface area contributed by atoms with Crippen LogP contribution in [0.25, 0.3) is 0 Å². The van der Waals surface area contributed by atoms with Crippen molar-refractivity contribution in [2.75, 3.05) is 13.2 Å². The number of nitrogens with zero attached hydrogens (tertiary/aromatic N) is 3. The largest absolute Gasteiger partial charge is 0.476 e. The zero-order valence-corrected chi connectivity index (χ0v) is 30.5. The third-order valence-electron chi connectivity index (χ3n) is 8.17. The maximum Gasteiger partial charge on any atom is 0.412 e. The maximum atomic E-state index is 14.6. The van der Waals surface area contributed by atoms with Gasteiger partial charge in [0, 0.05) is 31.7 Å². The normalized spacial score (nSPS) is 18.7. The number of carboxylic acids is 1. The van der Waals surface area contributed by atoms with Gasteiger partial charge >= 0.3 is 18.0 Å². The molecule has 13 nitrogen and oxygen atoms in total. The summed E-state index contributed by atoms with van der Waals surface area (Å²) in [4.78, 5) is 77.3. The molecule has 268 valence electrons. The Bertz CT molecular complexity index is 1330. The zero-order chi connectivity index (χ0) is 36.4. The van der Waals surface area contributed by atoms with Crippen molar-refractivity contribution in [2.24, 2.45) is 17.8 Å². The van der Waals surface area contributed by atoms with Gasteiger partial charge in [0.15, 0.2) is 11.8 Å². The molecule has 0 unspecified atom stereocenters. The van der Waals surface area contributed by atoms with Crippen LogP contribution >= 0.6 is 11.3 Å². The number of amides is 3. The number of thiazole rings is 1. The quantitative estimate of drug-likeness (QED) is 0.0737. The van der Waals surface area contributed by atoms with E-state index in [-0.39, 0.29) is 29.6 Å². The number of aromatic carboxylic acids is 1. The van der Waals surface area contributed by atoms with Crippen LogP contribution in [-0.4, -0.2) is 80.4 Å². The number of nitrogens with one attached hydrogen (secondary N) is 1. The van der Waals surface area contributed by atoms with E-state index in [2.05, 4.69) is 16.2 Å². The van der Waals surface area contributed by atoms with Crippen molar-refractivity contribution >= 4 is 41.2 Å². The molecule has 0 saturated carbocycles. The van der Waals surface area contributed by atoms with Crippen LogP contribution in [0.2, 0.25) is 0 Å². The average molecular weight is 693 g/mol. The van der Waals surface area contributed by atoms with Gasteiger partial charge in [0.1, 0.15) is 22.2 Å². The highest BCUT2D eigenvalue weighted by molar-refractivity contribution is 7.09. The first-order valence-corrected chi connectivity index (χ1v) is 17.3. The number of esters is 1. The lowest BCUT2D eigenvalue weighted by Crippen LogP contribution is -2.61. The Morgan fingerprint density at radius 2 is 1.90 bits per heavy atom. The Kier molecular flexibility index (Phi) is 14.9. The topological polar surface area (TPSA) is 165 Å². The van der Waals surface area contributed by atoms with Crippen molar-refractivity contribution in [3.8, 4) is 12.3 Å². The number of carbonyl (C=O) groups is 5. The smallest absolute Gasteiger partial charge is 0.412 e. The number of rotatable bonds is 16. The second-order valence-corrected chi connectivity index (χ2v) is 14.6. The molecular formula is C34H52N4O9S. The second-order valence-electron chi connectivity index (χ2n) is 13.7. The van der Waals surface area contributed by atoms with E-state index in [0.29, 0.717) is 38.6 Å². The fourth-order valence-electron chi connectivity index (χ4n) is 5.48. The van der Waals surface area contributed by atoms with Crippen LogP contribution in [0.3, 0.4) is 0 Å². The van der Waals surface area contributed by atoms with E-state index >= 15 is 0 Å². The summed E-state index contributed by atoms with van der Waals surface area (Å²) in [7, 11) is 0. The molecule has 1 aliphatic rings. The Balaban J connectivity index is 2.51. The number of hydroxylamine groups is 2. The molecule has 2 rings (SSSR count). The van der Waals surface area contributed by atoms with Crippen LogP contribution in [0.4, 0.5) is 4.79 Å². The summed E-state index contributed by atoms with van der Waals surface area (Å²) < 4.78 is 11.2. The summed E-state index contributed by atoms with van der Waals surface area (Å²) in [6.07, 6.45) is 6.34. The minimum atomic E-state index is -1.23. The van der Waals surface area contributed by atoms with E-state index in [1.54, 1.807) is 34.6 Å². The molecule has 0 aromatic carbocycles. The third kappa shape index (κ3) is 11.2. The van der Waals surface area contributed by atoms with E-state index in [1.165, 1.54) is 22.3 Å². The fourth-order valence-corrected chi connectivity index (χ4v) is 6.32. The number of hydrogen-bond acceptors (Lipinski definition) is 10. The van der Waals surface area contributed by atoms with Gasteiger partial charge in [0.05, 0.1) is 12.6 Å². The molecule has 0 radical (unpaired) electrons. The highest BCUT2D eigenvalue weighted by Crippen LogP contribution is 2.34. The SMILES string of the molecule is C#CCCCON(C(=O)[C@H](C(=O)N[C@@]1(C)CCCN1C(=O)OC(C)(C)C)[C@@H](C)CC)[C@H](C[C@@H](OC(C)=O)c1nc(C(=O)O)cs1)C(C)C. The van der Waals surface area contributed by atoms with E-state index in [1.807, 2.05) is 20.8 Å². The number of carbonyl (C=O) groups excluding carboxylic acids is 4. The lowest BCUT2D eigenvalue weighted by atomic mass is 9.88. The van der Waals surface area contributed by atoms with Crippen LogP contribution in [-0.2, 0) is 28.7 Å². The minimum Gasteiger partial charge on any atom is -0.476 e. The second kappa shape index (κ2) is 17.6. The maximum absolute atomic E-state index is 14.6. The molecule has 1 aromatic heterocycles. The van der Waals surface area contributed by atoms with Gasteiger partial charge in [-0.3, -0.25) is 24.1 Å². The summed E-state index contributed by atoms with van der Waals surface area (Å²) in [5, 5.41) is 15.2. The highest BCUT2D eigenvalue weighted by Gasteiger charge is 2.47. The predicted molar refractivity (Wildman–Crippen MR) is 179 cm³/mol. The van der Waals surface area contributed by atoms with Crippen molar-refractivity contribution in [3.05, 3.63) is 16.1 Å². The molecule has 1 fully saturated rings. The van der Waals surface area contributed by atoms with Crippen LogP contribution in [0.15, 0.2) is 5.38 Å². The van der Waals surface area contributed by atoms with Gasteiger partial charge in [0.2, 0.25) is 5.91 Å². The number of terminal acetylenes is 1. The molecule has 0 bridgehead atoms. The van der Waals surface area contributed by atoms with Crippen LogP contribution in [0, 0.1) is 30.1 Å². The molecular weight excluding hydrogens is 640 g/mol. The lowest BCUT2D eigenvalue weighted by molar-refractivity contribution is -0.215. The predicted octanol–water partition coefficient (Wildman–Crippen LogP) is 5.56. The van der Waals surface area contributed by atoms with Crippen LogP contribution in [0.5, 0.6) is 0 Å². The zero-order valence-electron chi connectivity index (χ0n) is 29.7. The van der Waals surface area contributed by atoms with Crippen molar-refractivity contribution in [3.63, 3.8) is 0 Å². The van der Waals surface area contributed by atoms with Gasteiger partial charge in [-0.2, -0.15) is 0 Å². The van der Waals surface area contributed by atoms with Gasteiger partial charge < -0.3 is 19.9 Å². The number of unbranched alkanes of at least 4 members (excludes halogenated alkanes) is 1. The fraction of sp³-hybridized carbons (Fsp3) is 0.706. The Morgan fingerprint density at radius 1 is 1.23 bits per heavy atom. The number of ether oxygens (including phenoxy) is 2. The van der Waals surface area contributed by atoms with E-state index < -0.39 is 65.1 Å². The molecule has 2 heterocycles. The van der Waals surface area contributed by atoms with Crippen molar-refractivity contribution in [1.82, 2.24) is 20.3 Å². The Labute approximate surface area is 288 Å². The van der Waals surface area contributed by atoms with Crippen molar-refractivity contribution < 1.29 is 43.4 Å². The Morgan fingerprint density at radius 3 is 2.42 bits per heavy atom. The molecule has 2 N–H and O–H groups in total. The summed E-state index contributed by atoms with van der Waals surface area (Å²) in [6.45, 7) is 16.1. The molecule has 1 aromatic rings. The molecule has 1 saturated heterocycles. The average Bonchev–Trinajstić information content (AvgIpc) is 3.62. The Hall–Kier alpha value is -3.70. The van der Waals surface area contributed by atoms with Gasteiger partial charge in [-0.05, 0) is 58.8 Å². The molecule has 5 atom stereocenters. The van der Waals surface area contributed by atoms with Crippen molar-refractivity contribution in [2.45, 2.75) is 124 Å². The monoisotopic (exact) mass is 692 g/mol. The molecule has 0 spiro atoms. The van der Waals surface area contributed by atoms with Gasteiger partial charge in [-0.25, -0.2) is 19.6 Å². The summed E-state index contributed by atoms with van der Waals surface area (Å²) in [5.74, 6) is -2.35. The molecule has 0 aliphatic carbocycles. The lowest BCUT2D eigenvalue weighted by Gasteiger charge is -2.40. The third-order valence-corrected chi connectivity index (χ3v) is 9.11. The summed E-state index contributed by atoms with van der Waals surface area (Å²) >= 11 is 1.03. The number of aromatic nitrogens is 1. The van der Waals surface area contributed by atoms with Gasteiger partial charge in [0.25, 0.3) is 5.91 Å². The molecule has 14 heteroatoms. The first-order valence-electron chi connectivity index (χ1n) is 16.4. The summed E-state index contributed by atoms with van der Waals surface area (Å²) in [6, 6.07) is -0.732. The first kappa shape index (κ1) is 40.5. The van der Waals surface area contributed by atoms with Crippen LogP contribution < -0.4 is 5.32 Å². The highest BCUT2D eigenvalue weighted by atomic mass is 32.1. The number of carboxylic acid groups (broad SMARTS) is 1. The van der Waals surface area contributed by atoms with Crippen molar-refractivity contribution in [1.29, 1.82) is 0 Å². The number of hydrogen-bond donors (Lipinski definition) is 2. The molecule has 1 aliphatic heterocycles. The molecule has 48 heavy (non-hydrogen) atoms.